The van der Waals surface area contributed by atoms with Crippen LogP contribution in [0.2, 0.25) is 0 Å². The van der Waals surface area contributed by atoms with E-state index in [1.165, 1.54) is 0 Å². The zero-order chi connectivity index (χ0) is 20.9. The molecular formula is C21H31N5O2. The van der Waals surface area contributed by atoms with Crippen molar-refractivity contribution < 1.29 is 9.59 Å². The molecule has 0 saturated heterocycles. The fourth-order valence-corrected chi connectivity index (χ4v) is 2.74. The Bertz CT molecular complexity index is 801. The highest BCUT2D eigenvalue weighted by atomic mass is 16.2. The molecule has 2 rings (SSSR count). The summed E-state index contributed by atoms with van der Waals surface area (Å²) in [4.78, 5) is 26.3. The van der Waals surface area contributed by atoms with Crippen LogP contribution in [0, 0.1) is 0 Å². The molecule has 0 unspecified atom stereocenters. The summed E-state index contributed by atoms with van der Waals surface area (Å²) in [6.45, 7) is 13.3. The number of carbonyl (C=O) groups is 2. The summed E-state index contributed by atoms with van der Waals surface area (Å²) in [6, 6.07) is 8.95. The number of urea groups is 1. The van der Waals surface area contributed by atoms with Crippen LogP contribution in [0.1, 0.15) is 69.3 Å². The molecule has 0 spiro atoms. The highest BCUT2D eigenvalue weighted by Crippen LogP contribution is 2.21. The minimum atomic E-state index is -0.224. The van der Waals surface area contributed by atoms with E-state index in [2.05, 4.69) is 41.6 Å². The van der Waals surface area contributed by atoms with Gasteiger partial charge in [0.15, 0.2) is 0 Å². The van der Waals surface area contributed by atoms with Crippen molar-refractivity contribution in [3.05, 3.63) is 47.3 Å². The maximum Gasteiger partial charge on any atom is 0.321 e. The Morgan fingerprint density at radius 1 is 1.14 bits per heavy atom. The van der Waals surface area contributed by atoms with Crippen molar-refractivity contribution in [2.75, 3.05) is 18.4 Å². The lowest BCUT2D eigenvalue weighted by Gasteiger charge is -2.19. The number of nitrogens with one attached hydrogen (secondary N) is 3. The Kier molecular flexibility index (Phi) is 6.83. The van der Waals surface area contributed by atoms with Crippen LogP contribution >= 0.6 is 0 Å². The summed E-state index contributed by atoms with van der Waals surface area (Å²) < 4.78 is 0. The Balaban J connectivity index is 1.99. The number of carbonyl (C=O) groups excluding carboxylic acids is 2. The number of hydrogen-bond acceptors (Lipinski definition) is 3. The van der Waals surface area contributed by atoms with E-state index in [-0.39, 0.29) is 23.4 Å². The molecule has 3 N–H and O–H groups in total. The predicted octanol–water partition coefficient (Wildman–Crippen LogP) is 4.07. The van der Waals surface area contributed by atoms with E-state index in [1.54, 1.807) is 11.0 Å². The zero-order valence-electron chi connectivity index (χ0n) is 17.6. The largest absolute Gasteiger partial charge is 0.344 e. The molecule has 3 amide bonds. The molecule has 152 valence electrons. The fourth-order valence-electron chi connectivity index (χ4n) is 2.74. The average Bonchev–Trinajstić information content (AvgIpc) is 3.14. The van der Waals surface area contributed by atoms with Crippen molar-refractivity contribution in [3.8, 4) is 0 Å². The number of benzene rings is 1. The molecule has 0 radical (unpaired) electrons. The average molecular weight is 386 g/mol. The summed E-state index contributed by atoms with van der Waals surface area (Å²) in [7, 11) is 0. The Morgan fingerprint density at radius 2 is 1.75 bits per heavy atom. The maximum atomic E-state index is 12.5. The highest BCUT2D eigenvalue weighted by Gasteiger charge is 2.20. The van der Waals surface area contributed by atoms with Crippen molar-refractivity contribution in [1.82, 2.24) is 20.4 Å². The van der Waals surface area contributed by atoms with Crippen LogP contribution in [0.25, 0.3) is 0 Å². The van der Waals surface area contributed by atoms with Crippen molar-refractivity contribution in [2.24, 2.45) is 0 Å². The number of aromatic nitrogens is 2. The van der Waals surface area contributed by atoms with Gasteiger partial charge in [0.1, 0.15) is 5.69 Å². The van der Waals surface area contributed by atoms with E-state index in [0.717, 1.165) is 16.9 Å². The lowest BCUT2D eigenvalue weighted by atomic mass is 9.92. The summed E-state index contributed by atoms with van der Waals surface area (Å²) in [5.41, 5.74) is 2.86. The molecule has 7 heteroatoms. The molecule has 0 aliphatic heterocycles. The summed E-state index contributed by atoms with van der Waals surface area (Å²) in [6.07, 6.45) is 0. The number of amides is 3. The number of anilines is 1. The number of rotatable bonds is 6. The van der Waals surface area contributed by atoms with Gasteiger partial charge in [0.25, 0.3) is 5.91 Å². The molecule has 1 aromatic heterocycles. The van der Waals surface area contributed by atoms with Gasteiger partial charge in [-0.1, -0.05) is 32.9 Å². The lowest BCUT2D eigenvalue weighted by molar-refractivity contribution is 0.0935. The van der Waals surface area contributed by atoms with Gasteiger partial charge in [-0.3, -0.25) is 9.89 Å². The van der Waals surface area contributed by atoms with Gasteiger partial charge in [-0.15, -0.1) is 0 Å². The fraction of sp³-hybridized carbons (Fsp3) is 0.476. The van der Waals surface area contributed by atoms with Crippen LogP contribution in [0.4, 0.5) is 10.5 Å². The highest BCUT2D eigenvalue weighted by molar-refractivity contribution is 5.92. The van der Waals surface area contributed by atoms with E-state index in [0.29, 0.717) is 18.8 Å². The monoisotopic (exact) mass is 385 g/mol. The van der Waals surface area contributed by atoms with Crippen LogP contribution in [0.3, 0.4) is 0 Å². The predicted molar refractivity (Wildman–Crippen MR) is 112 cm³/mol. The second kappa shape index (κ2) is 8.91. The molecule has 7 nitrogen and oxygen atoms in total. The minimum Gasteiger partial charge on any atom is -0.344 e. The van der Waals surface area contributed by atoms with Gasteiger partial charge >= 0.3 is 6.03 Å². The first kappa shape index (κ1) is 21.5. The van der Waals surface area contributed by atoms with Gasteiger partial charge in [0.2, 0.25) is 0 Å². The van der Waals surface area contributed by atoms with Crippen LogP contribution in [-0.4, -0.2) is 40.1 Å². The molecule has 0 saturated carbocycles. The molecule has 0 aliphatic rings. The van der Waals surface area contributed by atoms with E-state index in [9.17, 15) is 9.59 Å². The van der Waals surface area contributed by atoms with E-state index in [1.807, 2.05) is 45.0 Å². The van der Waals surface area contributed by atoms with Gasteiger partial charge in [-0.25, -0.2) is 4.79 Å². The molecule has 1 atom stereocenters. The topological polar surface area (TPSA) is 90.1 Å². The van der Waals surface area contributed by atoms with Crippen molar-refractivity contribution in [2.45, 2.75) is 53.0 Å². The van der Waals surface area contributed by atoms with E-state index in [4.69, 9.17) is 0 Å². The first-order valence-electron chi connectivity index (χ1n) is 9.68. The molecule has 0 bridgehead atoms. The smallest absolute Gasteiger partial charge is 0.321 e. The van der Waals surface area contributed by atoms with Gasteiger partial charge in [-0.05, 0) is 44.5 Å². The van der Waals surface area contributed by atoms with Crippen LogP contribution in [0.5, 0.6) is 0 Å². The van der Waals surface area contributed by atoms with Crippen molar-refractivity contribution in [3.63, 3.8) is 0 Å². The van der Waals surface area contributed by atoms with E-state index >= 15 is 0 Å². The second-order valence-electron chi connectivity index (χ2n) is 7.84. The molecule has 0 aliphatic carbocycles. The summed E-state index contributed by atoms with van der Waals surface area (Å²) in [5, 5.41) is 12.9. The second-order valence-corrected chi connectivity index (χ2v) is 7.84. The maximum absolute atomic E-state index is 12.5. The van der Waals surface area contributed by atoms with Crippen LogP contribution in [0.15, 0.2) is 30.3 Å². The van der Waals surface area contributed by atoms with E-state index < -0.39 is 0 Å². The Hall–Kier alpha value is -2.83. The van der Waals surface area contributed by atoms with Gasteiger partial charge in [-0.2, -0.15) is 5.10 Å². The first-order chi connectivity index (χ1) is 13.2. The number of nitrogens with zero attached hydrogens (tertiary/aromatic N) is 2. The van der Waals surface area contributed by atoms with Gasteiger partial charge in [0.05, 0.1) is 6.04 Å². The third kappa shape index (κ3) is 5.34. The van der Waals surface area contributed by atoms with Crippen molar-refractivity contribution >= 4 is 17.6 Å². The summed E-state index contributed by atoms with van der Waals surface area (Å²) in [5.74, 6) is -0.224. The molecule has 28 heavy (non-hydrogen) atoms. The lowest BCUT2D eigenvalue weighted by Crippen LogP contribution is -2.34. The molecule has 1 heterocycles. The summed E-state index contributed by atoms with van der Waals surface area (Å²) >= 11 is 0. The minimum absolute atomic E-state index is 0.0947. The number of hydrogen-bond donors (Lipinski definition) is 3. The van der Waals surface area contributed by atoms with Crippen molar-refractivity contribution in [1.29, 1.82) is 0 Å². The zero-order valence-corrected chi connectivity index (χ0v) is 17.6. The molecule has 0 fully saturated rings. The third-order valence-electron chi connectivity index (χ3n) is 4.68. The SMILES string of the molecule is CCN(CC)C(=O)Nc1ccc([C@@H](C)NC(=O)c2cc(C(C)(C)C)[nH]n2)cc1. The number of aromatic amines is 1. The van der Waals surface area contributed by atoms with Gasteiger partial charge in [0, 0.05) is 29.9 Å². The quantitative estimate of drug-likeness (QED) is 0.700. The third-order valence-corrected chi connectivity index (χ3v) is 4.68. The van der Waals surface area contributed by atoms with Crippen LogP contribution in [-0.2, 0) is 5.41 Å². The Morgan fingerprint density at radius 3 is 2.25 bits per heavy atom. The number of H-pyrrole nitrogens is 1. The first-order valence-corrected chi connectivity index (χ1v) is 9.68. The Labute approximate surface area is 166 Å². The van der Waals surface area contributed by atoms with Crippen LogP contribution < -0.4 is 10.6 Å². The normalized spacial score (nSPS) is 12.4. The van der Waals surface area contributed by atoms with Gasteiger partial charge < -0.3 is 15.5 Å². The molecule has 1 aromatic carbocycles. The standard InChI is InChI=1S/C21H31N5O2/c1-7-26(8-2)20(28)23-16-11-9-15(10-12-16)14(3)22-19(27)17-13-18(25-24-17)21(4,5)6/h9-14H,7-8H2,1-6H3,(H,22,27)(H,23,28)(H,24,25)/t14-/m1/s1. The molecular weight excluding hydrogens is 354 g/mol. The molecule has 2 aromatic rings.